The van der Waals surface area contributed by atoms with E-state index in [1.165, 1.54) is 11.8 Å². The minimum atomic E-state index is -0.163. The second-order valence-electron chi connectivity index (χ2n) is 4.45. The molecule has 0 atom stereocenters. The van der Waals surface area contributed by atoms with Gasteiger partial charge in [-0.05, 0) is 22.4 Å². The van der Waals surface area contributed by atoms with Crippen LogP contribution in [-0.4, -0.2) is 22.0 Å². The Balaban J connectivity index is 1.57. The zero-order valence-corrected chi connectivity index (χ0v) is 12.4. The summed E-state index contributed by atoms with van der Waals surface area (Å²) in [6, 6.07) is 13.1. The molecule has 0 aliphatic heterocycles. The fourth-order valence-electron chi connectivity index (χ4n) is 1.86. The van der Waals surface area contributed by atoms with Crippen molar-refractivity contribution in [2.75, 3.05) is 11.1 Å². The summed E-state index contributed by atoms with van der Waals surface area (Å²) < 4.78 is 9.94. The summed E-state index contributed by atoms with van der Waals surface area (Å²) in [6.45, 7) is 0. The van der Waals surface area contributed by atoms with Crippen LogP contribution in [0, 0.1) is 0 Å². The number of amides is 1. The normalized spacial score (nSPS) is 10.5. The van der Waals surface area contributed by atoms with Crippen LogP contribution in [0.1, 0.15) is 5.76 Å². The van der Waals surface area contributed by atoms with Crippen molar-refractivity contribution >= 4 is 23.5 Å². The van der Waals surface area contributed by atoms with Crippen molar-refractivity contribution in [1.29, 1.82) is 0 Å². The number of nitrogens with one attached hydrogen (secondary N) is 1. The lowest BCUT2D eigenvalue weighted by Crippen LogP contribution is -2.15. The second kappa shape index (κ2) is 6.95. The first-order valence-corrected chi connectivity index (χ1v) is 7.76. The number of rotatable bonds is 6. The van der Waals surface area contributed by atoms with E-state index in [9.17, 15) is 4.79 Å². The molecule has 1 aromatic carbocycles. The van der Waals surface area contributed by atoms with Crippen molar-refractivity contribution in [2.45, 2.75) is 5.75 Å². The molecule has 0 saturated carbocycles. The number of carbonyl (C=O) groups excluding carboxylic acids is 1. The predicted octanol–water partition coefficient (Wildman–Crippen LogP) is 3.20. The molecule has 0 bridgehead atoms. The van der Waals surface area contributed by atoms with Crippen molar-refractivity contribution in [3.05, 3.63) is 54.5 Å². The summed E-state index contributed by atoms with van der Waals surface area (Å²) in [5.74, 6) is 1.94. The van der Waals surface area contributed by atoms with Gasteiger partial charge >= 0.3 is 0 Å². The fourth-order valence-corrected chi connectivity index (χ4v) is 2.59. The summed E-state index contributed by atoms with van der Waals surface area (Å²) in [4.78, 5) is 12.0. The molecule has 0 aliphatic carbocycles. The molecule has 7 heteroatoms. The molecule has 0 radical (unpaired) electrons. The van der Waals surface area contributed by atoms with Crippen molar-refractivity contribution < 1.29 is 13.8 Å². The van der Waals surface area contributed by atoms with Gasteiger partial charge in [0.25, 0.3) is 0 Å². The molecule has 6 nitrogen and oxygen atoms in total. The van der Waals surface area contributed by atoms with Crippen LogP contribution >= 0.6 is 11.8 Å². The zero-order chi connectivity index (χ0) is 15.2. The van der Waals surface area contributed by atoms with Gasteiger partial charge in [-0.25, -0.2) is 4.63 Å². The van der Waals surface area contributed by atoms with Crippen molar-refractivity contribution in [3.63, 3.8) is 0 Å². The molecule has 3 aromatic rings. The number of thioether (sulfide) groups is 1. The maximum absolute atomic E-state index is 12.0. The summed E-state index contributed by atoms with van der Waals surface area (Å²) in [7, 11) is 0. The van der Waals surface area contributed by atoms with E-state index in [1.807, 2.05) is 42.5 Å². The highest BCUT2D eigenvalue weighted by atomic mass is 32.2. The Morgan fingerprint density at radius 2 is 2.00 bits per heavy atom. The number of hydrogen-bond donors (Lipinski definition) is 1. The van der Waals surface area contributed by atoms with E-state index < -0.39 is 0 Å². The average Bonchev–Trinajstić information content (AvgIpc) is 3.20. The maximum Gasteiger partial charge on any atom is 0.235 e. The van der Waals surface area contributed by atoms with Gasteiger partial charge in [-0.2, -0.15) is 0 Å². The summed E-state index contributed by atoms with van der Waals surface area (Å²) in [5, 5.41) is 10.3. The summed E-state index contributed by atoms with van der Waals surface area (Å²) >= 11 is 1.46. The van der Waals surface area contributed by atoms with E-state index in [-0.39, 0.29) is 5.91 Å². The Morgan fingerprint density at radius 1 is 1.14 bits per heavy atom. The Labute approximate surface area is 130 Å². The number of benzene rings is 1. The third kappa shape index (κ3) is 3.56. The van der Waals surface area contributed by atoms with E-state index >= 15 is 0 Å². The van der Waals surface area contributed by atoms with Crippen LogP contribution < -0.4 is 5.32 Å². The lowest BCUT2D eigenvalue weighted by Gasteiger charge is -2.02. The molecule has 22 heavy (non-hydrogen) atoms. The van der Waals surface area contributed by atoms with Gasteiger partial charge in [0, 0.05) is 5.56 Å². The molecule has 0 aliphatic rings. The molecule has 2 heterocycles. The van der Waals surface area contributed by atoms with Crippen LogP contribution in [0.5, 0.6) is 0 Å². The van der Waals surface area contributed by atoms with Crippen LogP contribution in [0.25, 0.3) is 11.3 Å². The highest BCUT2D eigenvalue weighted by Crippen LogP contribution is 2.24. The summed E-state index contributed by atoms with van der Waals surface area (Å²) in [5.41, 5.74) is 1.35. The zero-order valence-electron chi connectivity index (χ0n) is 11.6. The first kappa shape index (κ1) is 14.4. The molecule has 0 fully saturated rings. The SMILES string of the molecule is O=C(CSCc1ccco1)Nc1nonc1-c1ccccc1. The van der Waals surface area contributed by atoms with Crippen molar-refractivity contribution in [3.8, 4) is 11.3 Å². The molecule has 0 unspecified atom stereocenters. The molecular weight excluding hydrogens is 302 g/mol. The minimum Gasteiger partial charge on any atom is -0.468 e. The van der Waals surface area contributed by atoms with E-state index in [0.717, 1.165) is 11.3 Å². The quantitative estimate of drug-likeness (QED) is 0.752. The molecule has 1 N–H and O–H groups in total. The first-order chi connectivity index (χ1) is 10.8. The Morgan fingerprint density at radius 3 is 2.77 bits per heavy atom. The van der Waals surface area contributed by atoms with Gasteiger partial charge in [-0.3, -0.25) is 4.79 Å². The molecule has 1 amide bonds. The Hall–Kier alpha value is -2.54. The highest BCUT2D eigenvalue weighted by Gasteiger charge is 2.14. The Bertz CT molecular complexity index is 726. The van der Waals surface area contributed by atoms with E-state index in [2.05, 4.69) is 15.6 Å². The molecule has 2 aromatic heterocycles. The number of aromatic nitrogens is 2. The van der Waals surface area contributed by atoms with Crippen LogP contribution in [0.2, 0.25) is 0 Å². The fraction of sp³-hybridized carbons (Fsp3) is 0.133. The number of furan rings is 1. The molecule has 0 spiro atoms. The molecule has 112 valence electrons. The van der Waals surface area contributed by atoms with Gasteiger partial charge in [-0.15, -0.1) is 11.8 Å². The lowest BCUT2D eigenvalue weighted by atomic mass is 10.1. The third-order valence-electron chi connectivity index (χ3n) is 2.85. The van der Waals surface area contributed by atoms with Crippen LogP contribution in [0.15, 0.2) is 57.8 Å². The number of hydrogen-bond acceptors (Lipinski definition) is 6. The largest absolute Gasteiger partial charge is 0.468 e. The summed E-state index contributed by atoms with van der Waals surface area (Å²) in [6.07, 6.45) is 1.61. The third-order valence-corrected chi connectivity index (χ3v) is 3.81. The standard InChI is InChI=1S/C15H13N3O3S/c19-13(10-22-9-12-7-4-8-20-12)16-15-14(17-21-18-15)11-5-2-1-3-6-11/h1-8H,9-10H2,(H,16,18,19). The van der Waals surface area contributed by atoms with Gasteiger partial charge in [0.1, 0.15) is 5.76 Å². The number of carbonyl (C=O) groups is 1. The van der Waals surface area contributed by atoms with Crippen molar-refractivity contribution in [1.82, 2.24) is 10.3 Å². The van der Waals surface area contributed by atoms with Gasteiger partial charge < -0.3 is 9.73 Å². The van der Waals surface area contributed by atoms with E-state index in [4.69, 9.17) is 9.05 Å². The minimum absolute atomic E-state index is 0.163. The molecular formula is C15H13N3O3S. The van der Waals surface area contributed by atoms with Gasteiger partial charge in [0.15, 0.2) is 5.69 Å². The smallest absolute Gasteiger partial charge is 0.235 e. The molecule has 0 saturated heterocycles. The van der Waals surface area contributed by atoms with Crippen molar-refractivity contribution in [2.24, 2.45) is 0 Å². The molecule has 3 rings (SSSR count). The maximum atomic E-state index is 12.0. The highest BCUT2D eigenvalue weighted by molar-refractivity contribution is 7.99. The average molecular weight is 315 g/mol. The van der Waals surface area contributed by atoms with Crippen LogP contribution in [0.4, 0.5) is 5.82 Å². The van der Waals surface area contributed by atoms with Gasteiger partial charge in [0.05, 0.1) is 17.8 Å². The van der Waals surface area contributed by atoms with Gasteiger partial charge in [0.2, 0.25) is 11.7 Å². The van der Waals surface area contributed by atoms with Crippen LogP contribution in [0.3, 0.4) is 0 Å². The lowest BCUT2D eigenvalue weighted by molar-refractivity contribution is -0.113. The number of nitrogens with zero attached hydrogens (tertiary/aromatic N) is 2. The van der Waals surface area contributed by atoms with E-state index in [1.54, 1.807) is 6.26 Å². The number of anilines is 1. The first-order valence-electron chi connectivity index (χ1n) is 6.61. The van der Waals surface area contributed by atoms with Gasteiger partial charge in [-0.1, -0.05) is 30.3 Å². The van der Waals surface area contributed by atoms with Crippen LogP contribution in [-0.2, 0) is 10.5 Å². The topological polar surface area (TPSA) is 81.2 Å². The predicted molar refractivity (Wildman–Crippen MR) is 83.2 cm³/mol. The Kier molecular flexibility index (Phi) is 4.55. The monoisotopic (exact) mass is 315 g/mol. The second-order valence-corrected chi connectivity index (χ2v) is 5.43. The van der Waals surface area contributed by atoms with E-state index in [0.29, 0.717) is 23.0 Å².